The van der Waals surface area contributed by atoms with E-state index in [-0.39, 0.29) is 5.78 Å². The fourth-order valence-electron chi connectivity index (χ4n) is 1.63. The normalized spacial score (nSPS) is 10.1. The van der Waals surface area contributed by atoms with Gasteiger partial charge in [0.05, 0.1) is 0 Å². The molecule has 0 spiro atoms. The Bertz CT molecular complexity index is 529. The number of nitrogen functional groups attached to an aromatic ring is 1. The molecule has 0 aliphatic heterocycles. The molecule has 2 rings (SSSR count). The van der Waals surface area contributed by atoms with Crippen LogP contribution in [0, 0.1) is 0 Å². The molecule has 3 nitrogen and oxygen atoms in total. The maximum Gasteiger partial charge on any atom is 0.134 e. The Morgan fingerprint density at radius 1 is 1.00 bits per heavy atom. The highest BCUT2D eigenvalue weighted by molar-refractivity contribution is 5.78. The van der Waals surface area contributed by atoms with E-state index >= 15 is 0 Å². The van der Waals surface area contributed by atoms with Gasteiger partial charge in [-0.15, -0.1) is 0 Å². The largest absolute Gasteiger partial charge is 0.457 e. The molecule has 0 saturated carbocycles. The molecule has 0 heterocycles. The van der Waals surface area contributed by atoms with Gasteiger partial charge in [0.2, 0.25) is 0 Å². The van der Waals surface area contributed by atoms with Crippen molar-refractivity contribution in [3.63, 3.8) is 0 Å². The first-order chi connectivity index (χ1) is 8.63. The van der Waals surface area contributed by atoms with Gasteiger partial charge in [-0.1, -0.05) is 12.1 Å². The van der Waals surface area contributed by atoms with Gasteiger partial charge < -0.3 is 10.5 Å². The highest BCUT2D eigenvalue weighted by atomic mass is 16.5. The molecule has 0 bridgehead atoms. The van der Waals surface area contributed by atoms with Crippen LogP contribution in [0.15, 0.2) is 48.5 Å². The van der Waals surface area contributed by atoms with E-state index in [1.54, 1.807) is 19.1 Å². The molecule has 0 radical (unpaired) electrons. The summed E-state index contributed by atoms with van der Waals surface area (Å²) in [4.78, 5) is 11.0. The summed E-state index contributed by atoms with van der Waals surface area (Å²) >= 11 is 0. The summed E-state index contributed by atoms with van der Waals surface area (Å²) < 4.78 is 5.65. The lowest BCUT2D eigenvalue weighted by molar-refractivity contribution is -0.116. The molecule has 0 saturated heterocycles. The predicted octanol–water partition coefficient (Wildman–Crippen LogP) is 3.19. The van der Waals surface area contributed by atoms with E-state index < -0.39 is 0 Å². The Hall–Kier alpha value is -2.29. The van der Waals surface area contributed by atoms with Crippen LogP contribution in [0.4, 0.5) is 5.69 Å². The van der Waals surface area contributed by atoms with Crippen molar-refractivity contribution in [3.05, 3.63) is 54.1 Å². The monoisotopic (exact) mass is 241 g/mol. The van der Waals surface area contributed by atoms with E-state index in [2.05, 4.69) is 0 Å². The molecule has 3 heteroatoms. The first kappa shape index (κ1) is 12.2. The number of nitrogens with two attached hydrogens (primary N) is 1. The third-order valence-corrected chi connectivity index (χ3v) is 2.49. The Labute approximate surface area is 106 Å². The van der Waals surface area contributed by atoms with E-state index in [1.165, 1.54) is 0 Å². The Morgan fingerprint density at radius 2 is 1.50 bits per heavy atom. The fourth-order valence-corrected chi connectivity index (χ4v) is 1.63. The van der Waals surface area contributed by atoms with E-state index in [9.17, 15) is 4.79 Å². The number of carbonyl (C=O) groups is 1. The van der Waals surface area contributed by atoms with Crippen molar-refractivity contribution in [3.8, 4) is 11.5 Å². The number of benzene rings is 2. The van der Waals surface area contributed by atoms with Gasteiger partial charge in [0, 0.05) is 12.1 Å². The average Bonchev–Trinajstić information content (AvgIpc) is 2.34. The standard InChI is InChI=1S/C15H15NO2/c1-11(17)10-12-2-6-14(7-3-12)18-15-8-4-13(16)5-9-15/h2-9H,10,16H2,1H3. The first-order valence-corrected chi connectivity index (χ1v) is 5.75. The average molecular weight is 241 g/mol. The van der Waals surface area contributed by atoms with Gasteiger partial charge in [-0.25, -0.2) is 0 Å². The van der Waals surface area contributed by atoms with Crippen LogP contribution in [0.5, 0.6) is 11.5 Å². The van der Waals surface area contributed by atoms with Crippen molar-refractivity contribution in [1.82, 2.24) is 0 Å². The Kier molecular flexibility index (Phi) is 3.63. The SMILES string of the molecule is CC(=O)Cc1ccc(Oc2ccc(N)cc2)cc1. The van der Waals surface area contributed by atoms with Crippen LogP contribution in [0.3, 0.4) is 0 Å². The summed E-state index contributed by atoms with van der Waals surface area (Å²) in [5.41, 5.74) is 7.30. The zero-order valence-electron chi connectivity index (χ0n) is 10.2. The molecule has 0 aliphatic carbocycles. The summed E-state index contributed by atoms with van der Waals surface area (Å²) in [7, 11) is 0. The molecule has 2 aromatic carbocycles. The smallest absolute Gasteiger partial charge is 0.134 e. The third kappa shape index (κ3) is 3.35. The van der Waals surface area contributed by atoms with Crippen LogP contribution in [-0.4, -0.2) is 5.78 Å². The Balaban J connectivity index is 2.06. The van der Waals surface area contributed by atoms with Crippen LogP contribution in [-0.2, 0) is 11.2 Å². The van der Waals surface area contributed by atoms with E-state index in [1.807, 2.05) is 36.4 Å². The quantitative estimate of drug-likeness (QED) is 0.836. The van der Waals surface area contributed by atoms with Gasteiger partial charge in [0.1, 0.15) is 17.3 Å². The van der Waals surface area contributed by atoms with Crippen molar-refractivity contribution in [2.24, 2.45) is 0 Å². The van der Waals surface area contributed by atoms with Crippen LogP contribution < -0.4 is 10.5 Å². The summed E-state index contributed by atoms with van der Waals surface area (Å²) in [6.45, 7) is 1.58. The maximum atomic E-state index is 11.0. The number of carbonyl (C=O) groups excluding carboxylic acids is 1. The summed E-state index contributed by atoms with van der Waals surface area (Å²) in [6.07, 6.45) is 0.460. The first-order valence-electron chi connectivity index (χ1n) is 5.75. The van der Waals surface area contributed by atoms with E-state index in [0.29, 0.717) is 12.1 Å². The molecule has 18 heavy (non-hydrogen) atoms. The second-order valence-electron chi connectivity index (χ2n) is 4.19. The molecular weight excluding hydrogens is 226 g/mol. The van der Waals surface area contributed by atoms with Crippen molar-refractivity contribution in [2.45, 2.75) is 13.3 Å². The van der Waals surface area contributed by atoms with Crippen molar-refractivity contribution >= 4 is 11.5 Å². The minimum Gasteiger partial charge on any atom is -0.457 e. The second-order valence-corrected chi connectivity index (χ2v) is 4.19. The van der Waals surface area contributed by atoms with Gasteiger partial charge in [-0.3, -0.25) is 4.79 Å². The molecule has 0 unspecified atom stereocenters. The number of hydrogen-bond donors (Lipinski definition) is 1. The molecule has 0 atom stereocenters. The number of anilines is 1. The third-order valence-electron chi connectivity index (χ3n) is 2.49. The zero-order chi connectivity index (χ0) is 13.0. The zero-order valence-corrected chi connectivity index (χ0v) is 10.2. The van der Waals surface area contributed by atoms with Crippen molar-refractivity contribution < 1.29 is 9.53 Å². The molecular formula is C15H15NO2. The fraction of sp³-hybridized carbons (Fsp3) is 0.133. The lowest BCUT2D eigenvalue weighted by Gasteiger charge is -2.06. The second kappa shape index (κ2) is 5.36. The summed E-state index contributed by atoms with van der Waals surface area (Å²) in [5, 5.41) is 0. The van der Waals surface area contributed by atoms with Crippen molar-refractivity contribution in [1.29, 1.82) is 0 Å². The summed E-state index contributed by atoms with van der Waals surface area (Å²) in [5.74, 6) is 1.64. The van der Waals surface area contributed by atoms with Crippen LogP contribution in [0.25, 0.3) is 0 Å². The number of Topliss-reactive ketones (excluding diaryl/α,β-unsaturated/α-hetero) is 1. The maximum absolute atomic E-state index is 11.0. The minimum absolute atomic E-state index is 0.155. The topological polar surface area (TPSA) is 52.3 Å². The van der Waals surface area contributed by atoms with Crippen LogP contribution in [0.1, 0.15) is 12.5 Å². The summed E-state index contributed by atoms with van der Waals surface area (Å²) in [6, 6.07) is 14.7. The van der Waals surface area contributed by atoms with Gasteiger partial charge in [-0.05, 0) is 48.9 Å². The molecule has 2 N–H and O–H groups in total. The molecule has 0 fully saturated rings. The molecule has 92 valence electrons. The van der Waals surface area contributed by atoms with Crippen LogP contribution in [0.2, 0.25) is 0 Å². The van der Waals surface area contributed by atoms with Crippen LogP contribution >= 0.6 is 0 Å². The van der Waals surface area contributed by atoms with Gasteiger partial charge in [-0.2, -0.15) is 0 Å². The lowest BCUT2D eigenvalue weighted by atomic mass is 10.1. The van der Waals surface area contributed by atoms with Gasteiger partial charge in [0.25, 0.3) is 0 Å². The lowest BCUT2D eigenvalue weighted by Crippen LogP contribution is -1.95. The number of ether oxygens (including phenoxy) is 1. The molecule has 2 aromatic rings. The highest BCUT2D eigenvalue weighted by Crippen LogP contribution is 2.22. The number of rotatable bonds is 4. The molecule has 0 amide bonds. The molecule has 0 aromatic heterocycles. The number of hydrogen-bond acceptors (Lipinski definition) is 3. The number of ketones is 1. The predicted molar refractivity (Wildman–Crippen MR) is 71.8 cm³/mol. The van der Waals surface area contributed by atoms with E-state index in [0.717, 1.165) is 17.1 Å². The molecule has 0 aliphatic rings. The van der Waals surface area contributed by atoms with Crippen molar-refractivity contribution in [2.75, 3.05) is 5.73 Å². The van der Waals surface area contributed by atoms with Gasteiger partial charge >= 0.3 is 0 Å². The Morgan fingerprint density at radius 3 is 2.00 bits per heavy atom. The highest BCUT2D eigenvalue weighted by Gasteiger charge is 2.00. The minimum atomic E-state index is 0.155. The van der Waals surface area contributed by atoms with Gasteiger partial charge in [0.15, 0.2) is 0 Å². The van der Waals surface area contributed by atoms with E-state index in [4.69, 9.17) is 10.5 Å².